The molecule has 2 aliphatic heterocycles. The predicted octanol–water partition coefficient (Wildman–Crippen LogP) is 2.73. The Hall–Kier alpha value is -1.51. The average molecular weight is 352 g/mol. The Kier molecular flexibility index (Phi) is 3.92. The second kappa shape index (κ2) is 5.60. The summed E-state index contributed by atoms with van der Waals surface area (Å²) < 4.78 is 0.285. The summed E-state index contributed by atoms with van der Waals surface area (Å²) in [5.41, 5.74) is 1.03. The Labute approximate surface area is 141 Å². The first kappa shape index (κ1) is 15.4. The van der Waals surface area contributed by atoms with Crippen LogP contribution in [-0.4, -0.2) is 39.3 Å². The van der Waals surface area contributed by atoms with Crippen LogP contribution in [-0.2, 0) is 9.59 Å². The van der Waals surface area contributed by atoms with E-state index in [2.05, 4.69) is 0 Å². The van der Waals surface area contributed by atoms with Gasteiger partial charge < -0.3 is 10.0 Å². The molecule has 0 aromatic heterocycles. The summed E-state index contributed by atoms with van der Waals surface area (Å²) in [6.45, 7) is 1.46. The molecule has 0 radical (unpaired) electrons. The first-order valence-corrected chi connectivity index (χ1v) is 8.49. The minimum absolute atomic E-state index is 0.285. The lowest BCUT2D eigenvalue weighted by atomic mass is 10.3. The molecule has 114 valence electrons. The van der Waals surface area contributed by atoms with Crippen LogP contribution in [0.25, 0.3) is 0 Å². The van der Waals surface area contributed by atoms with E-state index < -0.39 is 12.0 Å². The van der Waals surface area contributed by atoms with E-state index in [1.807, 2.05) is 36.2 Å². The molecule has 1 N–H and O–H groups in total. The Balaban J connectivity index is 1.99. The fourth-order valence-electron chi connectivity index (χ4n) is 2.25. The number of rotatable bonds is 2. The molecular formula is C14H12N2O3S3. The van der Waals surface area contributed by atoms with E-state index >= 15 is 0 Å². The maximum Gasteiger partial charge on any atom is 0.326 e. The molecule has 3 rings (SSSR count). The highest BCUT2D eigenvalue weighted by atomic mass is 32.2. The standard InChI is InChI=1S/C14H12N2O3S3/c1-7(13(18)19)16-11(17)10(22-14(16)20)12-15(2)8-5-3-4-6-9(8)21-12/h3-7H,1-2H3,(H,18,19)/b12-10+. The fourth-order valence-corrected chi connectivity index (χ4v) is 5.00. The Bertz CT molecular complexity index is 732. The number of anilines is 1. The largest absolute Gasteiger partial charge is 0.480 e. The Morgan fingerprint density at radius 3 is 2.64 bits per heavy atom. The molecule has 1 aromatic carbocycles. The molecule has 0 bridgehead atoms. The fraction of sp³-hybridized carbons (Fsp3) is 0.214. The van der Waals surface area contributed by atoms with E-state index in [1.54, 1.807) is 0 Å². The third-order valence-electron chi connectivity index (χ3n) is 3.48. The van der Waals surface area contributed by atoms with Crippen molar-refractivity contribution in [2.45, 2.75) is 17.9 Å². The van der Waals surface area contributed by atoms with Gasteiger partial charge in [-0.25, -0.2) is 4.79 Å². The van der Waals surface area contributed by atoms with Crippen molar-refractivity contribution in [2.24, 2.45) is 0 Å². The van der Waals surface area contributed by atoms with E-state index in [9.17, 15) is 9.59 Å². The van der Waals surface area contributed by atoms with Gasteiger partial charge in [0.05, 0.1) is 10.7 Å². The minimum Gasteiger partial charge on any atom is -0.480 e. The van der Waals surface area contributed by atoms with Gasteiger partial charge in [-0.05, 0) is 19.1 Å². The Morgan fingerprint density at radius 2 is 2.00 bits per heavy atom. The van der Waals surface area contributed by atoms with Crippen LogP contribution in [0.3, 0.4) is 0 Å². The van der Waals surface area contributed by atoms with Crippen molar-refractivity contribution in [1.82, 2.24) is 4.90 Å². The molecule has 5 nitrogen and oxygen atoms in total. The van der Waals surface area contributed by atoms with Crippen molar-refractivity contribution in [3.05, 3.63) is 34.2 Å². The molecule has 2 aliphatic rings. The van der Waals surface area contributed by atoms with Gasteiger partial charge in [-0.3, -0.25) is 9.69 Å². The van der Waals surface area contributed by atoms with E-state index in [-0.39, 0.29) is 10.2 Å². The van der Waals surface area contributed by atoms with Gasteiger partial charge in [-0.1, -0.05) is 47.9 Å². The molecule has 0 aliphatic carbocycles. The molecule has 22 heavy (non-hydrogen) atoms. The lowest BCUT2D eigenvalue weighted by Gasteiger charge is -2.19. The number of amides is 1. The number of carbonyl (C=O) groups is 2. The van der Waals surface area contributed by atoms with Gasteiger partial charge in [0.2, 0.25) is 0 Å². The molecule has 1 amide bonds. The van der Waals surface area contributed by atoms with Gasteiger partial charge in [0.1, 0.15) is 15.3 Å². The molecule has 1 fully saturated rings. The maximum absolute atomic E-state index is 12.6. The highest BCUT2D eigenvalue weighted by molar-refractivity contribution is 8.27. The second-order valence-electron chi connectivity index (χ2n) is 4.82. The second-order valence-corrected chi connectivity index (χ2v) is 7.50. The van der Waals surface area contributed by atoms with Gasteiger partial charge in [0.25, 0.3) is 5.91 Å². The first-order chi connectivity index (χ1) is 10.4. The van der Waals surface area contributed by atoms with E-state index in [0.29, 0.717) is 4.91 Å². The quantitative estimate of drug-likeness (QED) is 0.649. The van der Waals surface area contributed by atoms with Crippen LogP contribution in [0.4, 0.5) is 5.69 Å². The molecule has 1 unspecified atom stereocenters. The van der Waals surface area contributed by atoms with Crippen molar-refractivity contribution >= 4 is 57.6 Å². The third-order valence-corrected chi connectivity index (χ3v) is 6.23. The van der Waals surface area contributed by atoms with E-state index in [0.717, 1.165) is 27.4 Å². The van der Waals surface area contributed by atoms with E-state index in [1.165, 1.54) is 23.6 Å². The molecule has 0 saturated carbocycles. The van der Waals surface area contributed by atoms with Crippen molar-refractivity contribution in [3.63, 3.8) is 0 Å². The van der Waals surface area contributed by atoms with Gasteiger partial charge >= 0.3 is 5.97 Å². The number of aliphatic carboxylic acids is 1. The number of benzene rings is 1. The van der Waals surface area contributed by atoms with Gasteiger partial charge in [0, 0.05) is 11.9 Å². The van der Waals surface area contributed by atoms with Gasteiger partial charge in [0.15, 0.2) is 0 Å². The minimum atomic E-state index is -1.07. The van der Waals surface area contributed by atoms with Crippen LogP contribution in [0.15, 0.2) is 39.1 Å². The topological polar surface area (TPSA) is 60.9 Å². The number of fused-ring (bicyclic) bond motifs is 1. The van der Waals surface area contributed by atoms with Crippen LogP contribution in [0.5, 0.6) is 0 Å². The molecule has 8 heteroatoms. The first-order valence-electron chi connectivity index (χ1n) is 6.45. The summed E-state index contributed by atoms with van der Waals surface area (Å²) in [7, 11) is 1.89. The van der Waals surface area contributed by atoms with Crippen LogP contribution in [0.1, 0.15) is 6.92 Å². The zero-order valence-electron chi connectivity index (χ0n) is 11.8. The monoisotopic (exact) mass is 352 g/mol. The van der Waals surface area contributed by atoms with Gasteiger partial charge in [-0.2, -0.15) is 0 Å². The molecule has 2 heterocycles. The van der Waals surface area contributed by atoms with Crippen LogP contribution < -0.4 is 4.90 Å². The number of thioether (sulfide) groups is 2. The lowest BCUT2D eigenvalue weighted by Crippen LogP contribution is -2.41. The smallest absolute Gasteiger partial charge is 0.326 e. The molecule has 1 saturated heterocycles. The van der Waals surface area contributed by atoms with Gasteiger partial charge in [-0.15, -0.1) is 0 Å². The van der Waals surface area contributed by atoms with Crippen molar-refractivity contribution < 1.29 is 14.7 Å². The number of carboxylic acid groups (broad SMARTS) is 1. The third kappa shape index (κ3) is 2.31. The molecule has 0 spiro atoms. The normalized spacial score (nSPS) is 22.3. The predicted molar refractivity (Wildman–Crippen MR) is 91.9 cm³/mol. The Morgan fingerprint density at radius 1 is 1.32 bits per heavy atom. The number of carbonyl (C=O) groups excluding carboxylic acids is 1. The molecule has 1 aromatic rings. The highest BCUT2D eigenvalue weighted by Crippen LogP contribution is 2.49. The average Bonchev–Trinajstić information content (AvgIpc) is 2.96. The van der Waals surface area contributed by atoms with Crippen molar-refractivity contribution in [2.75, 3.05) is 11.9 Å². The van der Waals surface area contributed by atoms with Crippen LogP contribution >= 0.6 is 35.7 Å². The summed E-state index contributed by atoms with van der Waals surface area (Å²) in [6, 6.07) is 6.89. The molecular weight excluding hydrogens is 340 g/mol. The summed E-state index contributed by atoms with van der Waals surface area (Å²) in [6.07, 6.45) is 0. The summed E-state index contributed by atoms with van der Waals surface area (Å²) in [5.74, 6) is -1.41. The lowest BCUT2D eigenvalue weighted by molar-refractivity contribution is -0.144. The molecule has 1 atom stereocenters. The van der Waals surface area contributed by atoms with Crippen LogP contribution in [0, 0.1) is 0 Å². The summed E-state index contributed by atoms with van der Waals surface area (Å²) in [5, 5.41) is 9.92. The van der Waals surface area contributed by atoms with Crippen molar-refractivity contribution in [3.8, 4) is 0 Å². The number of hydrogen-bond donors (Lipinski definition) is 1. The number of thiocarbonyl (C=S) groups is 1. The zero-order valence-corrected chi connectivity index (χ0v) is 14.2. The van der Waals surface area contributed by atoms with E-state index in [4.69, 9.17) is 17.3 Å². The maximum atomic E-state index is 12.6. The zero-order chi connectivity index (χ0) is 16.0. The SMILES string of the molecule is CC(C(=O)O)N1C(=O)/C(=C2\Sc3ccccc3N2C)SC1=S. The number of nitrogens with zero attached hydrogens (tertiary/aromatic N) is 2. The highest BCUT2D eigenvalue weighted by Gasteiger charge is 2.42. The number of hydrogen-bond acceptors (Lipinski definition) is 6. The van der Waals surface area contributed by atoms with Crippen LogP contribution in [0.2, 0.25) is 0 Å². The summed E-state index contributed by atoms with van der Waals surface area (Å²) in [4.78, 5) is 28.4. The number of carboxylic acids is 1. The summed E-state index contributed by atoms with van der Waals surface area (Å²) >= 11 is 7.85. The van der Waals surface area contributed by atoms with Crippen molar-refractivity contribution in [1.29, 1.82) is 0 Å². The number of para-hydroxylation sites is 1.